The fourth-order valence-electron chi connectivity index (χ4n) is 3.50. The van der Waals surface area contributed by atoms with Crippen molar-refractivity contribution in [2.45, 2.75) is 19.5 Å². The second-order valence-corrected chi connectivity index (χ2v) is 6.65. The number of piperazine rings is 1. The van der Waals surface area contributed by atoms with E-state index in [2.05, 4.69) is 31.8 Å². The summed E-state index contributed by atoms with van der Waals surface area (Å²) in [4.78, 5) is 25.5. The van der Waals surface area contributed by atoms with Crippen LogP contribution in [0.1, 0.15) is 18.9 Å². The molecule has 1 saturated heterocycles. The molecule has 0 spiro atoms. The number of hydrogen-bond acceptors (Lipinski definition) is 8. The highest BCUT2D eigenvalue weighted by atomic mass is 16.5. The highest BCUT2D eigenvalue weighted by Gasteiger charge is 2.25. The monoisotopic (exact) mass is 370 g/mol. The molecule has 2 aromatic heterocycles. The Balaban J connectivity index is 1.49. The molecule has 0 bridgehead atoms. The van der Waals surface area contributed by atoms with Crippen molar-refractivity contribution in [3.63, 3.8) is 0 Å². The van der Waals surface area contributed by atoms with Gasteiger partial charge in [-0.15, -0.1) is 0 Å². The van der Waals surface area contributed by atoms with E-state index in [-0.39, 0.29) is 24.8 Å². The summed E-state index contributed by atoms with van der Waals surface area (Å²) >= 11 is 0. The number of nitrogens with zero attached hydrogens (tertiary/aromatic N) is 6. The molecule has 1 aromatic carbocycles. The van der Waals surface area contributed by atoms with Crippen molar-refractivity contribution in [3.05, 3.63) is 47.1 Å². The van der Waals surface area contributed by atoms with Crippen LogP contribution in [0, 0.1) is 0 Å². The zero-order chi connectivity index (χ0) is 18.8. The van der Waals surface area contributed by atoms with Crippen LogP contribution in [0.3, 0.4) is 0 Å². The van der Waals surface area contributed by atoms with E-state index in [1.807, 2.05) is 18.2 Å². The summed E-state index contributed by atoms with van der Waals surface area (Å²) in [5, 5.41) is 13.3. The van der Waals surface area contributed by atoms with Gasteiger partial charge in [0.2, 0.25) is 5.89 Å². The van der Waals surface area contributed by atoms with Crippen LogP contribution in [0.4, 0.5) is 5.69 Å². The Morgan fingerprint density at radius 3 is 2.74 bits per heavy atom. The third-order valence-electron chi connectivity index (χ3n) is 5.11. The van der Waals surface area contributed by atoms with Crippen LogP contribution in [0.5, 0.6) is 0 Å². The lowest BCUT2D eigenvalue weighted by Crippen LogP contribution is -2.47. The minimum atomic E-state index is -0.126. The van der Waals surface area contributed by atoms with Crippen LogP contribution in [-0.4, -0.2) is 62.5 Å². The van der Waals surface area contributed by atoms with Crippen molar-refractivity contribution >= 4 is 16.6 Å². The molecule has 9 heteroatoms. The molecule has 1 N–H and O–H groups in total. The number of rotatable bonds is 5. The normalized spacial score (nSPS) is 16.7. The summed E-state index contributed by atoms with van der Waals surface area (Å²) in [5.41, 5.74) is 1.60. The van der Waals surface area contributed by atoms with E-state index in [1.165, 1.54) is 17.2 Å². The Morgan fingerprint density at radius 1 is 1.22 bits per heavy atom. The quantitative estimate of drug-likeness (QED) is 0.699. The Labute approximate surface area is 155 Å². The lowest BCUT2D eigenvalue weighted by atomic mass is 10.1. The first-order chi connectivity index (χ1) is 13.2. The molecule has 1 atom stereocenters. The van der Waals surface area contributed by atoms with Gasteiger partial charge in [-0.1, -0.05) is 5.16 Å². The molecule has 1 aliphatic heterocycles. The molecule has 1 fully saturated rings. The lowest BCUT2D eigenvalue weighted by Gasteiger charge is -2.38. The van der Waals surface area contributed by atoms with Crippen molar-refractivity contribution in [3.8, 4) is 0 Å². The minimum absolute atomic E-state index is 0.0858. The highest BCUT2D eigenvalue weighted by molar-refractivity contribution is 5.81. The van der Waals surface area contributed by atoms with Crippen LogP contribution in [0.2, 0.25) is 0 Å². The van der Waals surface area contributed by atoms with Crippen LogP contribution in [0.25, 0.3) is 10.9 Å². The predicted octanol–water partition coefficient (Wildman–Crippen LogP) is 0.655. The molecule has 1 aliphatic rings. The van der Waals surface area contributed by atoms with Crippen molar-refractivity contribution < 1.29 is 9.63 Å². The maximum atomic E-state index is 12.4. The van der Waals surface area contributed by atoms with Crippen LogP contribution < -0.4 is 10.5 Å². The summed E-state index contributed by atoms with van der Waals surface area (Å²) in [5.74, 6) is 0.637. The van der Waals surface area contributed by atoms with E-state index in [0.29, 0.717) is 16.8 Å². The standard InChI is InChI=1S/C18H22N6O3/c1-13(17-19-11-21-27-17)22-4-6-23(7-5-22)14-2-3-15-16(10-14)20-12-24(8-9-25)18(15)26/h2-3,10-13,25H,4-9H2,1H3. The molecule has 0 amide bonds. The molecule has 3 aromatic rings. The number of aliphatic hydroxyl groups excluding tert-OH is 1. The zero-order valence-electron chi connectivity index (χ0n) is 15.2. The molecule has 27 heavy (non-hydrogen) atoms. The summed E-state index contributed by atoms with van der Waals surface area (Å²) < 4.78 is 6.60. The third kappa shape index (κ3) is 3.43. The first kappa shape index (κ1) is 17.6. The Kier molecular flexibility index (Phi) is 4.87. The van der Waals surface area contributed by atoms with Crippen LogP contribution >= 0.6 is 0 Å². The van der Waals surface area contributed by atoms with Crippen molar-refractivity contribution in [2.75, 3.05) is 37.7 Å². The van der Waals surface area contributed by atoms with Gasteiger partial charge >= 0.3 is 0 Å². The Bertz CT molecular complexity index is 963. The van der Waals surface area contributed by atoms with Gasteiger partial charge in [-0.3, -0.25) is 14.3 Å². The zero-order valence-corrected chi connectivity index (χ0v) is 15.2. The van der Waals surface area contributed by atoms with Crippen molar-refractivity contribution in [2.24, 2.45) is 0 Å². The topological polar surface area (TPSA) is 101 Å². The van der Waals surface area contributed by atoms with Crippen LogP contribution in [-0.2, 0) is 6.54 Å². The molecular weight excluding hydrogens is 348 g/mol. The molecule has 142 valence electrons. The average Bonchev–Trinajstić information content (AvgIpc) is 3.24. The molecule has 0 radical (unpaired) electrons. The second kappa shape index (κ2) is 7.45. The number of aromatic nitrogens is 4. The SMILES string of the molecule is CC(c1ncno1)N1CCN(c2ccc3c(=O)n(CCO)cnc3c2)CC1. The molecule has 4 rings (SSSR count). The largest absolute Gasteiger partial charge is 0.395 e. The maximum absolute atomic E-state index is 12.4. The number of benzene rings is 1. The summed E-state index contributed by atoms with van der Waals surface area (Å²) in [7, 11) is 0. The van der Waals surface area contributed by atoms with E-state index in [4.69, 9.17) is 9.63 Å². The van der Waals surface area contributed by atoms with Gasteiger partial charge in [-0.25, -0.2) is 4.98 Å². The molecule has 0 saturated carbocycles. The Hall–Kier alpha value is -2.78. The second-order valence-electron chi connectivity index (χ2n) is 6.65. The minimum Gasteiger partial charge on any atom is -0.395 e. The Morgan fingerprint density at radius 2 is 2.04 bits per heavy atom. The summed E-state index contributed by atoms with van der Waals surface area (Å²) in [6.45, 7) is 5.74. The van der Waals surface area contributed by atoms with Gasteiger partial charge in [0.05, 0.1) is 36.4 Å². The van der Waals surface area contributed by atoms with E-state index >= 15 is 0 Å². The number of anilines is 1. The van der Waals surface area contributed by atoms with Crippen LogP contribution in [0.15, 0.2) is 40.2 Å². The summed E-state index contributed by atoms with van der Waals surface area (Å²) in [6, 6.07) is 5.84. The molecule has 9 nitrogen and oxygen atoms in total. The van der Waals surface area contributed by atoms with Crippen molar-refractivity contribution in [1.29, 1.82) is 0 Å². The first-order valence-corrected chi connectivity index (χ1v) is 9.03. The van der Waals surface area contributed by atoms with Gasteiger partial charge < -0.3 is 14.5 Å². The fourth-order valence-corrected chi connectivity index (χ4v) is 3.50. The first-order valence-electron chi connectivity index (χ1n) is 9.03. The molecule has 3 heterocycles. The average molecular weight is 370 g/mol. The highest BCUT2D eigenvalue weighted by Crippen LogP contribution is 2.24. The molecule has 1 unspecified atom stereocenters. The third-order valence-corrected chi connectivity index (χ3v) is 5.11. The van der Waals surface area contributed by atoms with Gasteiger partial charge in [0.1, 0.15) is 0 Å². The summed E-state index contributed by atoms with van der Waals surface area (Å²) in [6.07, 6.45) is 2.92. The molecular formula is C18H22N6O3. The van der Waals surface area contributed by atoms with E-state index < -0.39 is 0 Å². The van der Waals surface area contributed by atoms with Gasteiger partial charge in [0, 0.05) is 31.9 Å². The lowest BCUT2D eigenvalue weighted by molar-refractivity contribution is 0.164. The number of fused-ring (bicyclic) bond motifs is 1. The van der Waals surface area contributed by atoms with Gasteiger partial charge in [-0.05, 0) is 25.1 Å². The van der Waals surface area contributed by atoms with Gasteiger partial charge in [-0.2, -0.15) is 4.98 Å². The predicted molar refractivity (Wildman–Crippen MR) is 99.6 cm³/mol. The maximum Gasteiger partial charge on any atom is 0.261 e. The smallest absolute Gasteiger partial charge is 0.261 e. The van der Waals surface area contributed by atoms with E-state index in [1.54, 1.807) is 0 Å². The van der Waals surface area contributed by atoms with Gasteiger partial charge in [0.15, 0.2) is 6.33 Å². The van der Waals surface area contributed by atoms with E-state index in [0.717, 1.165) is 31.9 Å². The fraction of sp³-hybridized carbons (Fsp3) is 0.444. The molecule has 0 aliphatic carbocycles. The van der Waals surface area contributed by atoms with E-state index in [9.17, 15) is 4.79 Å². The van der Waals surface area contributed by atoms with Gasteiger partial charge in [0.25, 0.3) is 5.56 Å². The number of aliphatic hydroxyl groups is 1. The van der Waals surface area contributed by atoms with Crippen molar-refractivity contribution in [1.82, 2.24) is 24.6 Å². The number of hydrogen-bond donors (Lipinski definition) is 1.